The fraction of sp³-hybridized carbons (Fsp3) is 0.150. The van der Waals surface area contributed by atoms with E-state index in [4.69, 9.17) is 0 Å². The van der Waals surface area contributed by atoms with Crippen LogP contribution in [0.15, 0.2) is 63.9 Å². The summed E-state index contributed by atoms with van der Waals surface area (Å²) in [6.07, 6.45) is 0. The largest absolute Gasteiger partial charge is 0.287 e. The van der Waals surface area contributed by atoms with Gasteiger partial charge in [0.25, 0.3) is 5.56 Å². The summed E-state index contributed by atoms with van der Waals surface area (Å²) < 4.78 is 14.8. The first-order chi connectivity index (χ1) is 13.2. The molecule has 4 rings (SSSR count). The molecule has 4 aromatic rings. The van der Waals surface area contributed by atoms with Gasteiger partial charge in [-0.25, -0.2) is 14.4 Å². The molecule has 0 saturated heterocycles. The van der Waals surface area contributed by atoms with Crippen LogP contribution < -0.4 is 5.56 Å². The second-order valence-corrected chi connectivity index (χ2v) is 7.70. The van der Waals surface area contributed by atoms with Crippen molar-refractivity contribution in [2.75, 3.05) is 0 Å². The molecule has 0 unspecified atom stereocenters. The van der Waals surface area contributed by atoms with Gasteiger partial charge in [0.2, 0.25) is 0 Å². The van der Waals surface area contributed by atoms with Gasteiger partial charge in [0, 0.05) is 23.2 Å². The summed E-state index contributed by atoms with van der Waals surface area (Å²) in [4.78, 5) is 22.0. The van der Waals surface area contributed by atoms with E-state index in [9.17, 15) is 9.18 Å². The standard InChI is InChI=1S/C20H16FN3OS2/c1-2-24-19(25)16-5-3-4-6-17(16)23-20(24)27-12-15-11-26-18(22-15)13-7-9-14(21)10-8-13/h3-11H,2,12H2,1H3. The van der Waals surface area contributed by atoms with Gasteiger partial charge in [-0.15, -0.1) is 11.3 Å². The van der Waals surface area contributed by atoms with Crippen molar-refractivity contribution in [2.24, 2.45) is 0 Å². The lowest BCUT2D eigenvalue weighted by Crippen LogP contribution is -2.22. The predicted octanol–water partition coefficient (Wildman–Crippen LogP) is 4.97. The van der Waals surface area contributed by atoms with Gasteiger partial charge in [-0.3, -0.25) is 9.36 Å². The molecule has 0 radical (unpaired) electrons. The van der Waals surface area contributed by atoms with E-state index in [1.54, 1.807) is 22.8 Å². The fourth-order valence-corrected chi connectivity index (χ4v) is 4.66. The van der Waals surface area contributed by atoms with Gasteiger partial charge >= 0.3 is 0 Å². The number of thioether (sulfide) groups is 1. The van der Waals surface area contributed by atoms with E-state index in [1.165, 1.54) is 35.2 Å². The summed E-state index contributed by atoms with van der Waals surface area (Å²) in [5, 5.41) is 4.17. The number of nitrogens with zero attached hydrogens (tertiary/aromatic N) is 3. The minimum absolute atomic E-state index is 0.0177. The second-order valence-electron chi connectivity index (χ2n) is 5.90. The summed E-state index contributed by atoms with van der Waals surface area (Å²) >= 11 is 3.02. The minimum Gasteiger partial charge on any atom is -0.287 e. The molecular weight excluding hydrogens is 381 g/mol. The Morgan fingerprint density at radius 3 is 2.67 bits per heavy atom. The van der Waals surface area contributed by atoms with E-state index in [1.807, 2.05) is 30.5 Å². The van der Waals surface area contributed by atoms with Crippen molar-refractivity contribution in [2.45, 2.75) is 24.4 Å². The summed E-state index contributed by atoms with van der Waals surface area (Å²) in [7, 11) is 0. The maximum absolute atomic E-state index is 13.1. The first kappa shape index (κ1) is 17.9. The van der Waals surface area contributed by atoms with Crippen LogP contribution in [0.2, 0.25) is 0 Å². The van der Waals surface area contributed by atoms with Gasteiger partial charge in [-0.1, -0.05) is 23.9 Å². The van der Waals surface area contributed by atoms with Crippen molar-refractivity contribution < 1.29 is 4.39 Å². The first-order valence-electron chi connectivity index (χ1n) is 8.48. The van der Waals surface area contributed by atoms with Gasteiger partial charge in [-0.05, 0) is 43.3 Å². The Labute approximate surface area is 163 Å². The zero-order chi connectivity index (χ0) is 18.8. The Morgan fingerprint density at radius 1 is 1.11 bits per heavy atom. The highest BCUT2D eigenvalue weighted by Crippen LogP contribution is 2.27. The van der Waals surface area contributed by atoms with Crippen molar-refractivity contribution in [1.82, 2.24) is 14.5 Å². The van der Waals surface area contributed by atoms with Crippen LogP contribution in [0, 0.1) is 5.82 Å². The predicted molar refractivity (Wildman–Crippen MR) is 109 cm³/mol. The van der Waals surface area contributed by atoms with Crippen LogP contribution in [-0.2, 0) is 12.3 Å². The SMILES string of the molecule is CCn1c(SCc2csc(-c3ccc(F)cc3)n2)nc2ccccc2c1=O. The topological polar surface area (TPSA) is 47.8 Å². The molecular formula is C20H16FN3OS2. The Bertz CT molecular complexity index is 1150. The van der Waals surface area contributed by atoms with Gasteiger partial charge in [0.05, 0.1) is 16.6 Å². The van der Waals surface area contributed by atoms with Crippen LogP contribution in [0.25, 0.3) is 21.5 Å². The lowest BCUT2D eigenvalue weighted by atomic mass is 10.2. The quantitative estimate of drug-likeness (QED) is 0.352. The molecule has 136 valence electrons. The van der Waals surface area contributed by atoms with E-state index < -0.39 is 0 Å². The van der Waals surface area contributed by atoms with E-state index in [-0.39, 0.29) is 11.4 Å². The highest BCUT2D eigenvalue weighted by molar-refractivity contribution is 7.98. The summed E-state index contributed by atoms with van der Waals surface area (Å²) in [6, 6.07) is 13.7. The van der Waals surface area contributed by atoms with E-state index >= 15 is 0 Å². The van der Waals surface area contributed by atoms with Gasteiger partial charge in [0.1, 0.15) is 10.8 Å². The lowest BCUT2D eigenvalue weighted by molar-refractivity contribution is 0.628. The van der Waals surface area contributed by atoms with Crippen LogP contribution >= 0.6 is 23.1 Å². The Kier molecular flexibility index (Phi) is 5.05. The van der Waals surface area contributed by atoms with Crippen molar-refractivity contribution in [1.29, 1.82) is 0 Å². The number of benzene rings is 2. The van der Waals surface area contributed by atoms with E-state index in [0.717, 1.165) is 16.3 Å². The van der Waals surface area contributed by atoms with Gasteiger partial charge in [0.15, 0.2) is 5.16 Å². The Balaban J connectivity index is 1.59. The zero-order valence-electron chi connectivity index (χ0n) is 14.6. The molecule has 0 N–H and O–H groups in total. The van der Waals surface area contributed by atoms with E-state index in [2.05, 4.69) is 9.97 Å². The molecule has 27 heavy (non-hydrogen) atoms. The van der Waals surface area contributed by atoms with Gasteiger partial charge in [-0.2, -0.15) is 0 Å². The van der Waals surface area contributed by atoms with Crippen molar-refractivity contribution >= 4 is 34.0 Å². The van der Waals surface area contributed by atoms with Crippen molar-refractivity contribution in [3.8, 4) is 10.6 Å². The number of aromatic nitrogens is 3. The minimum atomic E-state index is -0.258. The molecule has 0 bridgehead atoms. The van der Waals surface area contributed by atoms with Crippen LogP contribution in [0.5, 0.6) is 0 Å². The number of fused-ring (bicyclic) bond motifs is 1. The van der Waals surface area contributed by atoms with Gasteiger partial charge < -0.3 is 0 Å². The number of para-hydroxylation sites is 1. The molecule has 0 aliphatic carbocycles. The molecule has 7 heteroatoms. The van der Waals surface area contributed by atoms with Crippen molar-refractivity contribution in [3.05, 3.63) is 75.8 Å². The average molecular weight is 398 g/mol. The molecule has 0 amide bonds. The number of hydrogen-bond donors (Lipinski definition) is 0. The average Bonchev–Trinajstić information content (AvgIpc) is 3.16. The zero-order valence-corrected chi connectivity index (χ0v) is 16.2. The summed E-state index contributed by atoms with van der Waals surface area (Å²) in [5.74, 6) is 0.355. The molecule has 4 nitrogen and oxygen atoms in total. The highest BCUT2D eigenvalue weighted by Gasteiger charge is 2.12. The lowest BCUT2D eigenvalue weighted by Gasteiger charge is -2.10. The third-order valence-electron chi connectivity index (χ3n) is 4.13. The summed E-state index contributed by atoms with van der Waals surface area (Å²) in [5.41, 5.74) is 2.50. The fourth-order valence-electron chi connectivity index (χ4n) is 2.77. The third kappa shape index (κ3) is 3.65. The van der Waals surface area contributed by atoms with Crippen LogP contribution in [0.1, 0.15) is 12.6 Å². The van der Waals surface area contributed by atoms with Crippen LogP contribution in [0.3, 0.4) is 0 Å². The second kappa shape index (κ2) is 7.62. The molecule has 0 fully saturated rings. The van der Waals surface area contributed by atoms with E-state index in [0.29, 0.717) is 28.4 Å². The van der Waals surface area contributed by atoms with Crippen LogP contribution in [-0.4, -0.2) is 14.5 Å². The molecule has 0 atom stereocenters. The highest BCUT2D eigenvalue weighted by atomic mass is 32.2. The number of hydrogen-bond acceptors (Lipinski definition) is 5. The molecule has 2 aromatic heterocycles. The molecule has 2 aromatic carbocycles. The first-order valence-corrected chi connectivity index (χ1v) is 10.3. The maximum atomic E-state index is 13.1. The smallest absolute Gasteiger partial charge is 0.262 e. The molecule has 2 heterocycles. The molecule has 0 spiro atoms. The normalized spacial score (nSPS) is 11.2. The third-order valence-corrected chi connectivity index (χ3v) is 6.09. The monoisotopic (exact) mass is 397 g/mol. The Morgan fingerprint density at radius 2 is 1.89 bits per heavy atom. The maximum Gasteiger partial charge on any atom is 0.262 e. The molecule has 0 aliphatic rings. The van der Waals surface area contributed by atoms with Crippen LogP contribution in [0.4, 0.5) is 4.39 Å². The number of halogens is 1. The van der Waals surface area contributed by atoms with Crippen molar-refractivity contribution in [3.63, 3.8) is 0 Å². The summed E-state index contributed by atoms with van der Waals surface area (Å²) in [6.45, 7) is 2.51. The Hall–Kier alpha value is -2.51. The number of thiazole rings is 1. The number of rotatable bonds is 5. The molecule has 0 saturated carbocycles. The molecule has 0 aliphatic heterocycles.